The van der Waals surface area contributed by atoms with E-state index in [9.17, 15) is 19.8 Å². The van der Waals surface area contributed by atoms with Crippen LogP contribution in [0.3, 0.4) is 0 Å². The number of aliphatic hydroxyl groups excluding tert-OH is 2. The number of fused-ring (bicyclic) bond motifs is 7. The van der Waals surface area contributed by atoms with Crippen LogP contribution in [-0.4, -0.2) is 120 Å². The number of amides is 4. The lowest BCUT2D eigenvalue weighted by Crippen LogP contribution is -2.81. The maximum atomic E-state index is 15.5. The van der Waals surface area contributed by atoms with Gasteiger partial charge in [-0.1, -0.05) is 50.2 Å². The molecule has 256 valence electrons. The molecule has 4 N–H and O–H groups in total. The molecule has 10 atom stereocenters. The minimum atomic E-state index is -2.28. The SMILES string of the molecule is CC(C)[C@@]12SSSS[C@@]3(C(=O)N1C)[C@H]1O[C@]45C(=O)N(C)[C@@H](CO)C(=O)N4[C@H]4Nc6ccccc6[C@]4([C@@H]5O)[C@]14c1ccccc1N[C@@H]4N3C2=O. The number of piperazine rings is 2. The average Bonchev–Trinajstić information content (AvgIpc) is 3.71. The Morgan fingerprint density at radius 2 is 1.43 bits per heavy atom. The number of carbonyl (C=O) groups is 4. The van der Waals surface area contributed by atoms with Crippen LogP contribution in [0, 0.1) is 5.92 Å². The Balaban J connectivity index is 1.37. The fourth-order valence-corrected chi connectivity index (χ4v) is 18.8. The zero-order valence-electron chi connectivity index (χ0n) is 26.6. The number of rotatable bonds is 2. The highest BCUT2D eigenvalue weighted by molar-refractivity contribution is 9.26. The molecule has 9 heterocycles. The predicted molar refractivity (Wildman–Crippen MR) is 185 cm³/mol. The van der Waals surface area contributed by atoms with Gasteiger partial charge in [-0.2, -0.15) is 0 Å². The van der Waals surface area contributed by atoms with Gasteiger partial charge in [0.05, 0.1) is 17.4 Å². The van der Waals surface area contributed by atoms with Crippen molar-refractivity contribution in [1.82, 2.24) is 19.6 Å². The number of benzene rings is 2. The highest BCUT2D eigenvalue weighted by atomic mass is 33.7. The van der Waals surface area contributed by atoms with Crippen LogP contribution in [0.4, 0.5) is 11.4 Å². The number of para-hydroxylation sites is 2. The van der Waals surface area contributed by atoms with E-state index in [-0.39, 0.29) is 17.7 Å². The van der Waals surface area contributed by atoms with Gasteiger partial charge in [-0.25, -0.2) is 0 Å². The summed E-state index contributed by atoms with van der Waals surface area (Å²) >= 11 is 0. The van der Waals surface area contributed by atoms with Crippen molar-refractivity contribution >= 4 is 76.2 Å². The van der Waals surface area contributed by atoms with Crippen molar-refractivity contribution in [2.45, 2.75) is 70.7 Å². The summed E-state index contributed by atoms with van der Waals surface area (Å²) in [7, 11) is 8.45. The summed E-state index contributed by atoms with van der Waals surface area (Å²) in [6.45, 7) is 3.23. The number of nitrogens with one attached hydrogen (secondary N) is 2. The van der Waals surface area contributed by atoms with E-state index in [1.165, 1.54) is 53.2 Å². The normalized spacial score (nSPS) is 43.7. The highest BCUT2D eigenvalue weighted by Gasteiger charge is 2.95. The standard InChI is InChI=1S/C32H32N6O7S4/c1-14(2)31-27(44)38-24-29(16-10-6-8-12-18(16)34-24)22(32(38,26(43)36(31)4)47-49-48-46-31)45-30-21(41)28(29)15-9-5-7-11-17(15)33-23(28)37(30)20(40)19(13-39)35(3)25(30)42/h5-12,14,19,21-24,33-34,39,41H,13H2,1-4H3/t19-,21-,22-,23+,24+,28+,29+,30+,31-,32+/m0/s1. The Hall–Kier alpha value is -2.80. The summed E-state index contributed by atoms with van der Waals surface area (Å²) in [5, 5.41) is 30.8. The first-order valence-electron chi connectivity index (χ1n) is 16.1. The van der Waals surface area contributed by atoms with Gasteiger partial charge in [0.1, 0.15) is 30.6 Å². The number of hydrogen-bond acceptors (Lipinski definition) is 13. The molecule has 17 heteroatoms. The molecule has 0 saturated carbocycles. The second kappa shape index (κ2) is 9.35. The number of anilines is 2. The largest absolute Gasteiger partial charge is 0.394 e. The first-order valence-corrected chi connectivity index (χ1v) is 20.9. The van der Waals surface area contributed by atoms with Crippen molar-refractivity contribution in [3.05, 3.63) is 59.7 Å². The predicted octanol–water partition coefficient (Wildman–Crippen LogP) is 1.55. The Kier molecular flexibility index (Phi) is 5.91. The minimum Gasteiger partial charge on any atom is -0.394 e. The Morgan fingerprint density at radius 3 is 2.06 bits per heavy atom. The first-order chi connectivity index (χ1) is 23.5. The van der Waals surface area contributed by atoms with Crippen molar-refractivity contribution in [2.75, 3.05) is 31.3 Å². The molecule has 0 radical (unpaired) electrons. The fraction of sp³-hybridized carbons (Fsp3) is 0.500. The molecule has 9 aliphatic heterocycles. The quantitative estimate of drug-likeness (QED) is 0.330. The molecular formula is C32H32N6O7S4. The van der Waals surface area contributed by atoms with E-state index in [0.717, 1.165) is 4.90 Å². The summed E-state index contributed by atoms with van der Waals surface area (Å²) in [6, 6.07) is 13.8. The molecule has 0 aliphatic carbocycles. The van der Waals surface area contributed by atoms with Crippen LogP contribution >= 0.6 is 41.2 Å². The van der Waals surface area contributed by atoms with Crippen LogP contribution in [-0.2, 0) is 34.7 Å². The smallest absolute Gasteiger partial charge is 0.279 e. The third kappa shape index (κ3) is 2.78. The third-order valence-electron chi connectivity index (χ3n) is 12.5. The molecule has 13 nitrogen and oxygen atoms in total. The zero-order chi connectivity index (χ0) is 34.2. The molecule has 0 unspecified atom stereocenters. The second-order valence-corrected chi connectivity index (χ2v) is 20.3. The summed E-state index contributed by atoms with van der Waals surface area (Å²) in [4.78, 5) is 63.0. The summed E-state index contributed by atoms with van der Waals surface area (Å²) in [6.07, 6.45) is -4.89. The van der Waals surface area contributed by atoms with Crippen LogP contribution in [0.25, 0.3) is 0 Å². The number of carbonyl (C=O) groups excluding carboxylic acids is 4. The summed E-state index contributed by atoms with van der Waals surface area (Å²) in [5.74, 6) is -2.21. The maximum Gasteiger partial charge on any atom is 0.279 e. The van der Waals surface area contributed by atoms with E-state index in [4.69, 9.17) is 4.74 Å². The average molecular weight is 741 g/mol. The van der Waals surface area contributed by atoms with E-state index in [1.807, 2.05) is 62.4 Å². The van der Waals surface area contributed by atoms with E-state index in [0.29, 0.717) is 22.5 Å². The van der Waals surface area contributed by atoms with Crippen molar-refractivity contribution in [3.63, 3.8) is 0 Å². The Morgan fingerprint density at radius 1 is 0.837 bits per heavy atom. The van der Waals surface area contributed by atoms with Gasteiger partial charge in [0.25, 0.3) is 29.4 Å². The number of ether oxygens (including phenoxy) is 1. The van der Waals surface area contributed by atoms with Crippen LogP contribution in [0.1, 0.15) is 25.0 Å². The van der Waals surface area contributed by atoms with Gasteiger partial charge in [-0.05, 0) is 70.4 Å². The van der Waals surface area contributed by atoms with Crippen LogP contribution in [0.5, 0.6) is 0 Å². The molecule has 0 aromatic heterocycles. The molecule has 2 aromatic carbocycles. The first kappa shape index (κ1) is 31.0. The highest BCUT2D eigenvalue weighted by Crippen LogP contribution is 2.79. The van der Waals surface area contributed by atoms with Gasteiger partial charge < -0.3 is 35.4 Å². The van der Waals surface area contributed by atoms with E-state index >= 15 is 9.59 Å². The van der Waals surface area contributed by atoms with Gasteiger partial charge in [0, 0.05) is 25.5 Å². The molecule has 11 rings (SSSR count). The summed E-state index contributed by atoms with van der Waals surface area (Å²) in [5.41, 5.74) is -2.51. The lowest BCUT2D eigenvalue weighted by atomic mass is 9.50. The minimum absolute atomic E-state index is 0.270. The topological polar surface area (TPSA) is 155 Å². The number of likely N-dealkylation sites (N-methyl/N-ethyl adjacent to an activating group) is 2. The Labute approximate surface area is 296 Å². The lowest BCUT2D eigenvalue weighted by molar-refractivity contribution is -0.263. The summed E-state index contributed by atoms with van der Waals surface area (Å²) < 4.78 is 7.21. The molecular weight excluding hydrogens is 709 g/mol. The molecule has 49 heavy (non-hydrogen) atoms. The number of nitrogens with zero attached hydrogens (tertiary/aromatic N) is 4. The van der Waals surface area contributed by atoms with E-state index in [2.05, 4.69) is 10.6 Å². The zero-order valence-corrected chi connectivity index (χ0v) is 29.9. The van der Waals surface area contributed by atoms with Crippen LogP contribution in [0.15, 0.2) is 48.5 Å². The van der Waals surface area contributed by atoms with Gasteiger partial charge in [0.15, 0.2) is 4.87 Å². The van der Waals surface area contributed by atoms with E-state index < -0.39 is 75.3 Å². The number of hydrogen-bond donors (Lipinski definition) is 4. The van der Waals surface area contributed by atoms with Gasteiger partial charge in [-0.15, -0.1) is 0 Å². The molecule has 7 saturated heterocycles. The van der Waals surface area contributed by atoms with Crippen molar-refractivity contribution in [1.29, 1.82) is 0 Å². The molecule has 7 fully saturated rings. The second-order valence-electron chi connectivity index (χ2n) is 14.2. The van der Waals surface area contributed by atoms with Crippen LogP contribution < -0.4 is 10.6 Å². The Bertz CT molecular complexity index is 1940. The maximum absolute atomic E-state index is 15.5. The third-order valence-corrected chi connectivity index (χ3v) is 20.1. The van der Waals surface area contributed by atoms with Crippen LogP contribution in [0.2, 0.25) is 0 Å². The van der Waals surface area contributed by atoms with Gasteiger partial charge in [-0.3, -0.25) is 29.0 Å². The molecule has 9 aliphatic rings. The van der Waals surface area contributed by atoms with Crippen molar-refractivity contribution in [2.24, 2.45) is 5.92 Å². The van der Waals surface area contributed by atoms with E-state index in [1.54, 1.807) is 16.8 Å². The molecule has 4 spiro atoms. The number of aliphatic hydroxyl groups is 2. The fourth-order valence-electron chi connectivity index (χ4n) is 10.7. The van der Waals surface area contributed by atoms with Crippen molar-refractivity contribution in [3.8, 4) is 0 Å². The molecule has 4 bridgehead atoms. The van der Waals surface area contributed by atoms with Gasteiger partial charge in [0.2, 0.25) is 4.87 Å². The van der Waals surface area contributed by atoms with Gasteiger partial charge >= 0.3 is 0 Å². The molecule has 2 aromatic rings. The monoisotopic (exact) mass is 740 g/mol. The lowest BCUT2D eigenvalue weighted by Gasteiger charge is -2.59. The van der Waals surface area contributed by atoms with Crippen molar-refractivity contribution < 1.29 is 34.1 Å². The molecule has 4 amide bonds.